The molecule has 0 spiro atoms. The summed E-state index contributed by atoms with van der Waals surface area (Å²) in [6, 6.07) is 0. The van der Waals surface area contributed by atoms with Crippen molar-refractivity contribution in [2.24, 2.45) is 5.92 Å². The van der Waals surface area contributed by atoms with Gasteiger partial charge in [0.05, 0.1) is 19.8 Å². The molecule has 0 aromatic carbocycles. The second kappa shape index (κ2) is 42.4. The van der Waals surface area contributed by atoms with Gasteiger partial charge < -0.3 is 19.5 Å². The average molecular weight is 682 g/mol. The largest absolute Gasteiger partial charge is 0.449 e. The summed E-state index contributed by atoms with van der Waals surface area (Å²) in [6.45, 7) is 7.58. The first kappa shape index (κ1) is 47.2. The summed E-state index contributed by atoms with van der Waals surface area (Å²) in [5, 5.41) is 2.90. The van der Waals surface area contributed by atoms with Crippen LogP contribution < -0.4 is 5.32 Å². The number of carbonyl (C=O) groups excluding carboxylic acids is 1. The summed E-state index contributed by atoms with van der Waals surface area (Å²) in [5.41, 5.74) is 0. The van der Waals surface area contributed by atoms with Crippen molar-refractivity contribution in [1.29, 1.82) is 0 Å². The molecule has 1 amide bonds. The lowest BCUT2D eigenvalue weighted by molar-refractivity contribution is 0.0689. The monoisotopic (exact) mass is 682 g/mol. The Morgan fingerprint density at radius 3 is 1.17 bits per heavy atom. The summed E-state index contributed by atoms with van der Waals surface area (Å²) < 4.78 is 16.2. The number of methoxy groups -OCH3 is 1. The summed E-state index contributed by atoms with van der Waals surface area (Å²) in [5.74, 6) is 0.497. The molecule has 0 fully saturated rings. The molecule has 48 heavy (non-hydrogen) atoms. The molecule has 0 heterocycles. The second-order valence-corrected chi connectivity index (χ2v) is 14.8. The molecule has 0 bridgehead atoms. The highest BCUT2D eigenvalue weighted by Gasteiger charge is 2.12. The van der Waals surface area contributed by atoms with Crippen LogP contribution in [0.4, 0.5) is 4.79 Å². The van der Waals surface area contributed by atoms with E-state index in [4.69, 9.17) is 14.2 Å². The topological polar surface area (TPSA) is 56.8 Å². The first-order chi connectivity index (χ1) is 23.7. The van der Waals surface area contributed by atoms with Crippen LogP contribution in [0.3, 0.4) is 0 Å². The molecular weight excluding hydrogens is 594 g/mol. The lowest BCUT2D eigenvalue weighted by Crippen LogP contribution is -2.28. The van der Waals surface area contributed by atoms with Crippen molar-refractivity contribution in [3.05, 3.63) is 0 Å². The van der Waals surface area contributed by atoms with Crippen LogP contribution >= 0.6 is 0 Å². The van der Waals surface area contributed by atoms with Crippen LogP contribution in [0.1, 0.15) is 226 Å². The third kappa shape index (κ3) is 39.6. The van der Waals surface area contributed by atoms with Gasteiger partial charge in [-0.25, -0.2) is 4.79 Å². The maximum absolute atomic E-state index is 12.3. The van der Waals surface area contributed by atoms with E-state index in [9.17, 15) is 4.79 Å². The first-order valence-electron chi connectivity index (χ1n) is 21.7. The summed E-state index contributed by atoms with van der Waals surface area (Å²) in [7, 11) is 1.67. The smallest absolute Gasteiger partial charge is 0.407 e. The fourth-order valence-corrected chi connectivity index (χ4v) is 6.77. The molecule has 0 rings (SSSR count). The minimum atomic E-state index is -0.273. The highest BCUT2D eigenvalue weighted by Crippen LogP contribution is 2.21. The highest BCUT2D eigenvalue weighted by molar-refractivity contribution is 5.67. The van der Waals surface area contributed by atoms with Gasteiger partial charge in [0.1, 0.15) is 0 Å². The molecule has 0 saturated carbocycles. The van der Waals surface area contributed by atoms with Crippen LogP contribution in [-0.4, -0.2) is 46.2 Å². The van der Waals surface area contributed by atoms with Gasteiger partial charge in [-0.1, -0.05) is 206 Å². The Bertz CT molecular complexity index is 567. The Morgan fingerprint density at radius 2 is 0.812 bits per heavy atom. The van der Waals surface area contributed by atoms with Gasteiger partial charge in [-0.05, 0) is 25.2 Å². The van der Waals surface area contributed by atoms with E-state index in [0.29, 0.717) is 38.9 Å². The van der Waals surface area contributed by atoms with E-state index in [-0.39, 0.29) is 6.09 Å². The number of rotatable bonds is 41. The van der Waals surface area contributed by atoms with Crippen molar-refractivity contribution in [1.82, 2.24) is 5.32 Å². The first-order valence-corrected chi connectivity index (χ1v) is 21.7. The molecule has 0 radical (unpaired) electrons. The minimum absolute atomic E-state index is 0.273. The third-order valence-electron chi connectivity index (χ3n) is 10.0. The van der Waals surface area contributed by atoms with Crippen LogP contribution in [0.25, 0.3) is 0 Å². The lowest BCUT2D eigenvalue weighted by atomic mass is 9.94. The van der Waals surface area contributed by atoms with Crippen LogP contribution in [-0.2, 0) is 14.2 Å². The molecule has 0 atom stereocenters. The Kier molecular flexibility index (Phi) is 41.6. The quantitative estimate of drug-likeness (QED) is 0.0653. The third-order valence-corrected chi connectivity index (χ3v) is 10.0. The molecule has 0 saturated heterocycles. The van der Waals surface area contributed by atoms with Gasteiger partial charge in [0, 0.05) is 20.3 Å². The Morgan fingerprint density at radius 1 is 0.458 bits per heavy atom. The van der Waals surface area contributed by atoms with Gasteiger partial charge in [0.2, 0.25) is 0 Å². The van der Waals surface area contributed by atoms with Gasteiger partial charge in [0.25, 0.3) is 0 Å². The molecule has 1 N–H and O–H groups in total. The normalized spacial score (nSPS) is 11.5. The van der Waals surface area contributed by atoms with Crippen molar-refractivity contribution < 1.29 is 19.0 Å². The Labute approximate surface area is 301 Å². The van der Waals surface area contributed by atoms with Crippen LogP contribution in [0.5, 0.6) is 0 Å². The molecule has 0 aliphatic heterocycles. The predicted octanol–water partition coefficient (Wildman–Crippen LogP) is 13.9. The number of amides is 1. The van der Waals surface area contributed by atoms with E-state index in [1.807, 2.05) is 0 Å². The van der Waals surface area contributed by atoms with Crippen molar-refractivity contribution in [2.75, 3.05) is 40.1 Å². The average Bonchev–Trinajstić information content (AvgIpc) is 3.09. The standard InChI is InChI=1S/C43H87NO4/c1-4-6-8-10-12-14-16-18-20-22-24-26-28-30-32-35-42(41-48-43(45)44-37-34-38-47-40-39-46-3)36-33-31-29-27-25-23-21-19-17-15-13-11-9-7-5-2/h42H,4-41H2,1-3H3,(H,44,45). The van der Waals surface area contributed by atoms with Crippen molar-refractivity contribution in [3.63, 3.8) is 0 Å². The Hall–Kier alpha value is -0.810. The van der Waals surface area contributed by atoms with Crippen molar-refractivity contribution in [3.8, 4) is 0 Å². The molecular formula is C43H87NO4. The van der Waals surface area contributed by atoms with Gasteiger partial charge in [-0.2, -0.15) is 0 Å². The van der Waals surface area contributed by atoms with Crippen molar-refractivity contribution in [2.45, 2.75) is 226 Å². The fraction of sp³-hybridized carbons (Fsp3) is 0.977. The van der Waals surface area contributed by atoms with Gasteiger partial charge in [-0.3, -0.25) is 0 Å². The fourth-order valence-electron chi connectivity index (χ4n) is 6.77. The molecule has 0 unspecified atom stereocenters. The van der Waals surface area contributed by atoms with Crippen LogP contribution in [0, 0.1) is 5.92 Å². The van der Waals surface area contributed by atoms with Gasteiger partial charge in [-0.15, -0.1) is 0 Å². The number of carbonyl (C=O) groups is 1. The van der Waals surface area contributed by atoms with E-state index in [1.165, 1.54) is 205 Å². The summed E-state index contributed by atoms with van der Waals surface area (Å²) in [4.78, 5) is 12.3. The van der Waals surface area contributed by atoms with E-state index >= 15 is 0 Å². The number of hydrogen-bond donors (Lipinski definition) is 1. The highest BCUT2D eigenvalue weighted by atomic mass is 16.5. The SMILES string of the molecule is CCCCCCCCCCCCCCCCCC(CCCCCCCCCCCCCCCCC)COC(=O)NCCCOCCOC. The minimum Gasteiger partial charge on any atom is -0.449 e. The number of alkyl carbamates (subject to hydrolysis) is 1. The number of hydrogen-bond acceptors (Lipinski definition) is 4. The van der Waals surface area contributed by atoms with Gasteiger partial charge >= 0.3 is 6.09 Å². The summed E-state index contributed by atoms with van der Waals surface area (Å²) >= 11 is 0. The predicted molar refractivity (Wildman–Crippen MR) is 209 cm³/mol. The van der Waals surface area contributed by atoms with Crippen molar-refractivity contribution >= 4 is 6.09 Å². The molecule has 5 heteroatoms. The zero-order valence-electron chi connectivity index (χ0n) is 33.1. The number of unbranched alkanes of at least 4 members (excludes halogenated alkanes) is 28. The molecule has 5 nitrogen and oxygen atoms in total. The molecule has 0 aliphatic carbocycles. The maximum atomic E-state index is 12.3. The lowest BCUT2D eigenvalue weighted by Gasteiger charge is -2.17. The van der Waals surface area contributed by atoms with Crippen LogP contribution in [0.15, 0.2) is 0 Å². The Balaban J connectivity index is 4.00. The second-order valence-electron chi connectivity index (χ2n) is 14.8. The van der Waals surface area contributed by atoms with E-state index < -0.39 is 0 Å². The zero-order valence-corrected chi connectivity index (χ0v) is 33.1. The number of ether oxygens (including phenoxy) is 3. The molecule has 288 valence electrons. The maximum Gasteiger partial charge on any atom is 0.407 e. The van der Waals surface area contributed by atoms with E-state index in [0.717, 1.165) is 6.42 Å². The van der Waals surface area contributed by atoms with E-state index in [2.05, 4.69) is 19.2 Å². The number of nitrogens with one attached hydrogen (secondary N) is 1. The van der Waals surface area contributed by atoms with Gasteiger partial charge in [0.15, 0.2) is 0 Å². The molecule has 0 aromatic rings. The molecule has 0 aromatic heterocycles. The zero-order chi connectivity index (χ0) is 34.9. The van der Waals surface area contributed by atoms with E-state index in [1.54, 1.807) is 7.11 Å². The summed E-state index contributed by atoms with van der Waals surface area (Å²) in [6.07, 6.45) is 44.9. The van der Waals surface area contributed by atoms with Crippen LogP contribution in [0.2, 0.25) is 0 Å². The molecule has 0 aliphatic rings.